The molecule has 9 heteroatoms. The Morgan fingerprint density at radius 1 is 1.14 bits per heavy atom. The maximum Gasteiger partial charge on any atom is 0.471 e. The van der Waals surface area contributed by atoms with E-state index < -0.39 is 24.0 Å². The van der Waals surface area contributed by atoms with Crippen LogP contribution in [-0.4, -0.2) is 29.9 Å². The van der Waals surface area contributed by atoms with Gasteiger partial charge in [0.15, 0.2) is 0 Å². The molecule has 2 amide bonds. The standard InChI is InChI=1S/C19H20F3N3O2.ClH/c1-12-6-8-14(9-7-12)16(23)17(26)24-15-5-3-4-13(10-15)11-25(2)18(27)19(20,21)22;/h3-10,16H,11,23H2,1-2H3,(H,24,26);1H. The van der Waals surface area contributed by atoms with Crippen LogP contribution in [0.15, 0.2) is 48.5 Å². The Labute approximate surface area is 167 Å². The first-order valence-electron chi connectivity index (χ1n) is 8.12. The second-order valence-corrected chi connectivity index (χ2v) is 6.24. The van der Waals surface area contributed by atoms with Gasteiger partial charge in [0.1, 0.15) is 6.04 Å². The number of amides is 2. The van der Waals surface area contributed by atoms with Crippen molar-refractivity contribution in [1.82, 2.24) is 4.90 Å². The second-order valence-electron chi connectivity index (χ2n) is 6.24. The van der Waals surface area contributed by atoms with Gasteiger partial charge in [-0.05, 0) is 30.2 Å². The van der Waals surface area contributed by atoms with E-state index >= 15 is 0 Å². The Balaban J connectivity index is 0.00000392. The van der Waals surface area contributed by atoms with Crippen LogP contribution in [0, 0.1) is 6.92 Å². The van der Waals surface area contributed by atoms with Gasteiger partial charge in [0.2, 0.25) is 5.91 Å². The van der Waals surface area contributed by atoms with Gasteiger partial charge in [-0.3, -0.25) is 9.59 Å². The molecule has 2 aromatic carbocycles. The van der Waals surface area contributed by atoms with Crippen LogP contribution in [-0.2, 0) is 16.1 Å². The number of anilines is 1. The molecule has 2 aromatic rings. The molecule has 3 N–H and O–H groups in total. The first-order valence-corrected chi connectivity index (χ1v) is 8.12. The van der Waals surface area contributed by atoms with E-state index in [4.69, 9.17) is 5.73 Å². The molecule has 0 radical (unpaired) electrons. The van der Waals surface area contributed by atoms with Gasteiger partial charge < -0.3 is 16.0 Å². The monoisotopic (exact) mass is 415 g/mol. The van der Waals surface area contributed by atoms with Gasteiger partial charge >= 0.3 is 12.1 Å². The van der Waals surface area contributed by atoms with Crippen molar-refractivity contribution >= 4 is 29.9 Å². The minimum Gasteiger partial charge on any atom is -0.334 e. The van der Waals surface area contributed by atoms with Crippen LogP contribution in [0.1, 0.15) is 22.7 Å². The van der Waals surface area contributed by atoms with E-state index in [2.05, 4.69) is 5.32 Å². The van der Waals surface area contributed by atoms with Crippen molar-refractivity contribution in [3.05, 3.63) is 65.2 Å². The van der Waals surface area contributed by atoms with E-state index in [-0.39, 0.29) is 19.0 Å². The van der Waals surface area contributed by atoms with Crippen LogP contribution in [0.5, 0.6) is 0 Å². The molecular formula is C19H21ClF3N3O2. The molecule has 2 rings (SSSR count). The molecule has 152 valence electrons. The third-order valence-corrected chi connectivity index (χ3v) is 3.92. The van der Waals surface area contributed by atoms with Gasteiger partial charge in [-0.1, -0.05) is 42.0 Å². The zero-order valence-electron chi connectivity index (χ0n) is 15.3. The number of carbonyl (C=O) groups is 2. The van der Waals surface area contributed by atoms with Gasteiger partial charge in [0, 0.05) is 19.3 Å². The molecule has 0 heterocycles. The average Bonchev–Trinajstić information content (AvgIpc) is 2.60. The van der Waals surface area contributed by atoms with Crippen molar-refractivity contribution in [3.8, 4) is 0 Å². The van der Waals surface area contributed by atoms with Crippen molar-refractivity contribution in [2.45, 2.75) is 25.7 Å². The number of hydrogen-bond donors (Lipinski definition) is 2. The molecule has 0 aliphatic carbocycles. The van der Waals surface area contributed by atoms with Crippen LogP contribution in [0.3, 0.4) is 0 Å². The largest absolute Gasteiger partial charge is 0.471 e. The molecule has 0 bridgehead atoms. The number of nitrogens with two attached hydrogens (primary N) is 1. The number of nitrogens with one attached hydrogen (secondary N) is 1. The molecule has 0 saturated heterocycles. The van der Waals surface area contributed by atoms with Crippen LogP contribution < -0.4 is 11.1 Å². The molecule has 5 nitrogen and oxygen atoms in total. The SMILES string of the molecule is Cc1ccc(C(N)C(=O)Nc2cccc(CN(C)C(=O)C(F)(F)F)c2)cc1.Cl. The lowest BCUT2D eigenvalue weighted by atomic mass is 10.1. The fraction of sp³-hybridized carbons (Fsp3) is 0.263. The fourth-order valence-corrected chi connectivity index (χ4v) is 2.45. The van der Waals surface area contributed by atoms with Crippen molar-refractivity contribution in [2.24, 2.45) is 5.73 Å². The Hall–Kier alpha value is -2.58. The van der Waals surface area contributed by atoms with E-state index in [0.29, 0.717) is 21.7 Å². The summed E-state index contributed by atoms with van der Waals surface area (Å²) in [5, 5.41) is 2.64. The van der Waals surface area contributed by atoms with Crippen LogP contribution in [0.4, 0.5) is 18.9 Å². The lowest BCUT2D eigenvalue weighted by Crippen LogP contribution is -2.37. The zero-order chi connectivity index (χ0) is 20.2. The Kier molecular flexibility index (Phi) is 8.01. The van der Waals surface area contributed by atoms with Crippen LogP contribution >= 0.6 is 12.4 Å². The molecular weight excluding hydrogens is 395 g/mol. The quantitative estimate of drug-likeness (QED) is 0.783. The summed E-state index contributed by atoms with van der Waals surface area (Å²) in [6, 6.07) is 12.6. The fourth-order valence-electron chi connectivity index (χ4n) is 2.45. The summed E-state index contributed by atoms with van der Waals surface area (Å²) in [5.74, 6) is -2.38. The van der Waals surface area contributed by atoms with E-state index in [1.165, 1.54) is 6.07 Å². The first kappa shape index (κ1) is 23.5. The molecule has 0 aliphatic heterocycles. The summed E-state index contributed by atoms with van der Waals surface area (Å²) < 4.78 is 37.4. The minimum atomic E-state index is -4.93. The summed E-state index contributed by atoms with van der Waals surface area (Å²) in [7, 11) is 1.06. The summed E-state index contributed by atoms with van der Waals surface area (Å²) >= 11 is 0. The molecule has 1 atom stereocenters. The van der Waals surface area contributed by atoms with Gasteiger partial charge in [0.05, 0.1) is 0 Å². The van der Waals surface area contributed by atoms with Gasteiger partial charge in [-0.15, -0.1) is 12.4 Å². The van der Waals surface area contributed by atoms with Gasteiger partial charge in [0.25, 0.3) is 0 Å². The van der Waals surface area contributed by atoms with Crippen LogP contribution in [0.25, 0.3) is 0 Å². The minimum absolute atomic E-state index is 0. The second kappa shape index (κ2) is 9.57. The average molecular weight is 416 g/mol. The van der Waals surface area contributed by atoms with Gasteiger partial charge in [-0.25, -0.2) is 0 Å². The molecule has 28 heavy (non-hydrogen) atoms. The Bertz CT molecular complexity index is 826. The summed E-state index contributed by atoms with van der Waals surface area (Å²) in [5.41, 5.74) is 8.46. The van der Waals surface area contributed by atoms with E-state index in [9.17, 15) is 22.8 Å². The van der Waals surface area contributed by atoms with E-state index in [1.807, 2.05) is 19.1 Å². The smallest absolute Gasteiger partial charge is 0.334 e. The molecule has 0 spiro atoms. The highest BCUT2D eigenvalue weighted by Crippen LogP contribution is 2.20. The molecule has 0 aromatic heterocycles. The number of halogens is 4. The Morgan fingerprint density at radius 2 is 1.75 bits per heavy atom. The topological polar surface area (TPSA) is 75.4 Å². The van der Waals surface area contributed by atoms with Crippen LogP contribution in [0.2, 0.25) is 0 Å². The molecule has 0 saturated carbocycles. The van der Waals surface area contributed by atoms with Crippen molar-refractivity contribution in [1.29, 1.82) is 0 Å². The predicted molar refractivity (Wildman–Crippen MR) is 103 cm³/mol. The Morgan fingerprint density at radius 3 is 2.32 bits per heavy atom. The number of benzene rings is 2. The maximum absolute atomic E-state index is 12.5. The number of nitrogens with zero attached hydrogens (tertiary/aromatic N) is 1. The first-order chi connectivity index (χ1) is 12.6. The predicted octanol–water partition coefficient (Wildman–Crippen LogP) is 3.58. The highest BCUT2D eigenvalue weighted by Gasteiger charge is 2.41. The third kappa shape index (κ3) is 6.24. The van der Waals surface area contributed by atoms with Crippen molar-refractivity contribution in [3.63, 3.8) is 0 Å². The maximum atomic E-state index is 12.5. The zero-order valence-corrected chi connectivity index (χ0v) is 16.1. The lowest BCUT2D eigenvalue weighted by molar-refractivity contribution is -0.184. The number of rotatable bonds is 5. The van der Waals surface area contributed by atoms with Gasteiger partial charge in [-0.2, -0.15) is 13.2 Å². The van der Waals surface area contributed by atoms with Crippen molar-refractivity contribution in [2.75, 3.05) is 12.4 Å². The normalized spacial score (nSPS) is 11.9. The number of carbonyl (C=O) groups excluding carboxylic acids is 2. The summed E-state index contributed by atoms with van der Waals surface area (Å²) in [4.78, 5) is 24.1. The molecule has 0 aliphatic rings. The highest BCUT2D eigenvalue weighted by molar-refractivity contribution is 5.95. The molecule has 1 unspecified atom stereocenters. The third-order valence-electron chi connectivity index (χ3n) is 3.92. The molecule has 0 fully saturated rings. The number of aryl methyl sites for hydroxylation is 1. The lowest BCUT2D eigenvalue weighted by Gasteiger charge is -2.19. The summed E-state index contributed by atoms with van der Waals surface area (Å²) in [6.07, 6.45) is -4.93. The highest BCUT2D eigenvalue weighted by atomic mass is 35.5. The summed E-state index contributed by atoms with van der Waals surface area (Å²) in [6.45, 7) is 1.67. The van der Waals surface area contributed by atoms with E-state index in [0.717, 1.165) is 12.6 Å². The number of alkyl halides is 3. The van der Waals surface area contributed by atoms with E-state index in [1.54, 1.807) is 30.3 Å². The van der Waals surface area contributed by atoms with Crippen molar-refractivity contribution < 1.29 is 22.8 Å². The number of hydrogen-bond acceptors (Lipinski definition) is 3.